The minimum atomic E-state index is -0.151. The summed E-state index contributed by atoms with van der Waals surface area (Å²) in [4.78, 5) is 26.6. The van der Waals surface area contributed by atoms with Gasteiger partial charge in [-0.25, -0.2) is 0 Å². The van der Waals surface area contributed by atoms with Crippen molar-refractivity contribution in [2.75, 3.05) is 13.1 Å². The number of halogens is 1. The number of hydrogen-bond donors (Lipinski definition) is 1. The summed E-state index contributed by atoms with van der Waals surface area (Å²) in [5.41, 5.74) is 2.11. The molecule has 0 fully saturated rings. The van der Waals surface area contributed by atoms with Crippen molar-refractivity contribution in [2.45, 2.75) is 38.8 Å². The van der Waals surface area contributed by atoms with Crippen molar-refractivity contribution < 1.29 is 9.59 Å². The molecule has 2 amide bonds. The highest BCUT2D eigenvalue weighted by atomic mass is 35.5. The third-order valence-corrected chi connectivity index (χ3v) is 4.93. The molecule has 3 rings (SSSR count). The van der Waals surface area contributed by atoms with Gasteiger partial charge in [0, 0.05) is 49.4 Å². The van der Waals surface area contributed by atoms with Crippen LogP contribution in [0.1, 0.15) is 43.5 Å². The van der Waals surface area contributed by atoms with Crippen LogP contribution in [0.2, 0.25) is 5.02 Å². The van der Waals surface area contributed by atoms with Crippen LogP contribution >= 0.6 is 11.6 Å². The van der Waals surface area contributed by atoms with Crippen LogP contribution in [0.25, 0.3) is 0 Å². The SMILES string of the molecule is CCCNC(=O)CCC(=O)N1CCn2cccc2C1c1ccc(Cl)cc1. The quantitative estimate of drug-likeness (QED) is 0.843. The van der Waals surface area contributed by atoms with Crippen LogP contribution in [0.5, 0.6) is 0 Å². The van der Waals surface area contributed by atoms with Gasteiger partial charge < -0.3 is 14.8 Å². The molecule has 1 aromatic carbocycles. The van der Waals surface area contributed by atoms with Crippen LogP contribution in [-0.2, 0) is 16.1 Å². The van der Waals surface area contributed by atoms with E-state index < -0.39 is 0 Å². The zero-order chi connectivity index (χ0) is 18.5. The van der Waals surface area contributed by atoms with Crippen molar-refractivity contribution in [3.63, 3.8) is 0 Å². The van der Waals surface area contributed by atoms with E-state index in [-0.39, 0.29) is 30.7 Å². The number of benzene rings is 1. The van der Waals surface area contributed by atoms with E-state index in [4.69, 9.17) is 11.6 Å². The van der Waals surface area contributed by atoms with Gasteiger partial charge in [0.1, 0.15) is 0 Å². The maximum Gasteiger partial charge on any atom is 0.223 e. The molecular formula is C20H24ClN3O2. The van der Waals surface area contributed by atoms with Crippen molar-refractivity contribution in [3.05, 3.63) is 58.9 Å². The Morgan fingerprint density at radius 1 is 1.15 bits per heavy atom. The van der Waals surface area contributed by atoms with E-state index in [2.05, 4.69) is 9.88 Å². The fourth-order valence-electron chi connectivity index (χ4n) is 3.36. The third-order valence-electron chi connectivity index (χ3n) is 4.68. The number of rotatable bonds is 6. The van der Waals surface area contributed by atoms with E-state index in [0.29, 0.717) is 18.1 Å². The minimum Gasteiger partial charge on any atom is -0.356 e. The summed E-state index contributed by atoms with van der Waals surface area (Å²) < 4.78 is 2.18. The lowest BCUT2D eigenvalue weighted by atomic mass is 9.99. The molecule has 1 atom stereocenters. The second kappa shape index (κ2) is 8.41. The minimum absolute atomic E-state index is 0.00375. The van der Waals surface area contributed by atoms with Crippen LogP contribution in [0.15, 0.2) is 42.6 Å². The Labute approximate surface area is 158 Å². The molecule has 2 aromatic rings. The zero-order valence-electron chi connectivity index (χ0n) is 15.0. The lowest BCUT2D eigenvalue weighted by Gasteiger charge is -2.37. The van der Waals surface area contributed by atoms with Gasteiger partial charge in [0.25, 0.3) is 0 Å². The Morgan fingerprint density at radius 2 is 1.92 bits per heavy atom. The van der Waals surface area contributed by atoms with Gasteiger partial charge in [0.2, 0.25) is 11.8 Å². The lowest BCUT2D eigenvalue weighted by Crippen LogP contribution is -2.42. The molecule has 0 bridgehead atoms. The molecule has 26 heavy (non-hydrogen) atoms. The average Bonchev–Trinajstić information content (AvgIpc) is 3.13. The number of amides is 2. The molecule has 2 heterocycles. The first-order chi connectivity index (χ1) is 12.6. The Morgan fingerprint density at radius 3 is 2.65 bits per heavy atom. The summed E-state index contributed by atoms with van der Waals surface area (Å²) in [6, 6.07) is 11.5. The summed E-state index contributed by atoms with van der Waals surface area (Å²) in [5, 5.41) is 3.49. The topological polar surface area (TPSA) is 54.3 Å². The molecule has 1 N–H and O–H groups in total. The van der Waals surface area contributed by atoms with Crippen molar-refractivity contribution in [2.24, 2.45) is 0 Å². The molecule has 0 saturated carbocycles. The highest BCUT2D eigenvalue weighted by Crippen LogP contribution is 2.33. The van der Waals surface area contributed by atoms with E-state index in [1.54, 1.807) is 0 Å². The first-order valence-corrected chi connectivity index (χ1v) is 9.44. The molecule has 138 valence electrons. The molecule has 1 unspecified atom stereocenters. The molecule has 1 aliphatic heterocycles. The van der Waals surface area contributed by atoms with Crippen LogP contribution in [0, 0.1) is 0 Å². The summed E-state index contributed by atoms with van der Waals surface area (Å²) >= 11 is 6.02. The molecule has 5 nitrogen and oxygen atoms in total. The normalized spacial score (nSPS) is 16.2. The maximum absolute atomic E-state index is 12.9. The van der Waals surface area contributed by atoms with Crippen molar-refractivity contribution in [3.8, 4) is 0 Å². The van der Waals surface area contributed by atoms with Gasteiger partial charge in [-0.15, -0.1) is 0 Å². The molecular weight excluding hydrogens is 350 g/mol. The zero-order valence-corrected chi connectivity index (χ0v) is 15.7. The maximum atomic E-state index is 12.9. The molecule has 1 aromatic heterocycles. The number of fused-ring (bicyclic) bond motifs is 1. The Kier molecular flexibility index (Phi) is 5.99. The number of aromatic nitrogens is 1. The van der Waals surface area contributed by atoms with Crippen molar-refractivity contribution in [1.82, 2.24) is 14.8 Å². The molecule has 6 heteroatoms. The Balaban J connectivity index is 1.77. The predicted molar refractivity (Wildman–Crippen MR) is 102 cm³/mol. The van der Waals surface area contributed by atoms with Crippen LogP contribution in [-0.4, -0.2) is 34.4 Å². The second-order valence-corrected chi connectivity index (χ2v) is 6.95. The number of nitrogens with one attached hydrogen (secondary N) is 1. The molecule has 0 radical (unpaired) electrons. The molecule has 0 saturated heterocycles. The van der Waals surface area contributed by atoms with E-state index in [0.717, 1.165) is 24.2 Å². The van der Waals surface area contributed by atoms with Crippen molar-refractivity contribution in [1.29, 1.82) is 0 Å². The largest absolute Gasteiger partial charge is 0.356 e. The van der Waals surface area contributed by atoms with E-state index in [1.165, 1.54) is 0 Å². The van der Waals surface area contributed by atoms with Gasteiger partial charge in [-0.05, 0) is 36.2 Å². The summed E-state index contributed by atoms with van der Waals surface area (Å²) in [7, 11) is 0. The fourth-order valence-corrected chi connectivity index (χ4v) is 3.49. The number of carbonyl (C=O) groups is 2. The van der Waals surface area contributed by atoms with Gasteiger partial charge in [0.05, 0.1) is 6.04 Å². The number of nitrogens with zero attached hydrogens (tertiary/aromatic N) is 2. The molecule has 0 spiro atoms. The third kappa shape index (κ3) is 4.10. The van der Waals surface area contributed by atoms with Gasteiger partial charge in [-0.3, -0.25) is 9.59 Å². The standard InChI is InChI=1S/C20H24ClN3O2/c1-2-11-22-18(25)9-10-19(26)24-14-13-23-12-3-4-17(23)20(24)15-5-7-16(21)8-6-15/h3-8,12,20H,2,9-11,13-14H2,1H3,(H,22,25). The average molecular weight is 374 g/mol. The highest BCUT2D eigenvalue weighted by molar-refractivity contribution is 6.30. The number of hydrogen-bond acceptors (Lipinski definition) is 2. The van der Waals surface area contributed by atoms with E-state index >= 15 is 0 Å². The molecule has 1 aliphatic rings. The van der Waals surface area contributed by atoms with Gasteiger partial charge in [-0.1, -0.05) is 30.7 Å². The molecule has 0 aliphatic carbocycles. The fraction of sp³-hybridized carbons (Fsp3) is 0.400. The monoisotopic (exact) mass is 373 g/mol. The van der Waals surface area contributed by atoms with Crippen LogP contribution < -0.4 is 5.32 Å². The predicted octanol–water partition coefficient (Wildman–Crippen LogP) is 3.38. The van der Waals surface area contributed by atoms with Crippen LogP contribution in [0.3, 0.4) is 0 Å². The van der Waals surface area contributed by atoms with Gasteiger partial charge in [0.15, 0.2) is 0 Å². The summed E-state index contributed by atoms with van der Waals surface area (Å²) in [6.45, 7) is 4.05. The summed E-state index contributed by atoms with van der Waals surface area (Å²) in [6.07, 6.45) is 3.38. The smallest absolute Gasteiger partial charge is 0.223 e. The van der Waals surface area contributed by atoms with Crippen LogP contribution in [0.4, 0.5) is 0 Å². The number of carbonyl (C=O) groups excluding carboxylic acids is 2. The van der Waals surface area contributed by atoms with Gasteiger partial charge in [-0.2, -0.15) is 0 Å². The Hall–Kier alpha value is -2.27. The first-order valence-electron chi connectivity index (χ1n) is 9.07. The highest BCUT2D eigenvalue weighted by Gasteiger charge is 2.31. The van der Waals surface area contributed by atoms with Gasteiger partial charge >= 0.3 is 0 Å². The van der Waals surface area contributed by atoms with Crippen molar-refractivity contribution >= 4 is 23.4 Å². The lowest BCUT2D eigenvalue weighted by molar-refractivity contribution is -0.136. The van der Waals surface area contributed by atoms with E-state index in [9.17, 15) is 9.59 Å². The second-order valence-electron chi connectivity index (χ2n) is 6.52. The van der Waals surface area contributed by atoms with E-state index in [1.807, 2.05) is 54.4 Å². The summed E-state index contributed by atoms with van der Waals surface area (Å²) in [5.74, 6) is -0.0623. The first kappa shape index (κ1) is 18.5. The Bertz CT molecular complexity index is 770.